The van der Waals surface area contributed by atoms with Crippen molar-refractivity contribution in [2.75, 3.05) is 5.32 Å². The number of hydrogen-bond donors (Lipinski definition) is 4. The predicted molar refractivity (Wildman–Crippen MR) is 78.1 cm³/mol. The maximum Gasteiger partial charge on any atom is 0.265 e. The summed E-state index contributed by atoms with van der Waals surface area (Å²) in [5.41, 5.74) is 8.15. The molecule has 0 spiro atoms. The number of anilines is 1. The van der Waals surface area contributed by atoms with E-state index in [0.717, 1.165) is 10.9 Å². The van der Waals surface area contributed by atoms with E-state index >= 15 is 0 Å². The highest BCUT2D eigenvalue weighted by molar-refractivity contribution is 6.06. The number of aryl methyl sites for hydroxylation is 1. The third kappa shape index (κ3) is 2.36. The van der Waals surface area contributed by atoms with Crippen LogP contribution in [0, 0.1) is 6.92 Å². The number of fused-ring (bicyclic) bond motifs is 1. The van der Waals surface area contributed by atoms with E-state index in [1.807, 2.05) is 0 Å². The van der Waals surface area contributed by atoms with Crippen LogP contribution in [-0.2, 0) is 0 Å². The SMILES string of the molecule is Cc1[nH]ncc1C(=O)Nc1ccc2[nH]c(C(N)=O)cc2c1. The van der Waals surface area contributed by atoms with Crippen molar-refractivity contribution in [2.45, 2.75) is 6.92 Å². The summed E-state index contributed by atoms with van der Waals surface area (Å²) >= 11 is 0. The van der Waals surface area contributed by atoms with Crippen molar-refractivity contribution in [1.82, 2.24) is 15.2 Å². The van der Waals surface area contributed by atoms with Crippen molar-refractivity contribution in [3.63, 3.8) is 0 Å². The molecule has 0 aliphatic heterocycles. The molecule has 7 nitrogen and oxygen atoms in total. The Kier molecular flexibility index (Phi) is 2.94. The Labute approximate surface area is 119 Å². The van der Waals surface area contributed by atoms with Gasteiger partial charge in [-0.15, -0.1) is 0 Å². The van der Waals surface area contributed by atoms with Crippen molar-refractivity contribution in [3.8, 4) is 0 Å². The first-order valence-electron chi connectivity index (χ1n) is 6.28. The summed E-state index contributed by atoms with van der Waals surface area (Å²) in [5, 5.41) is 10.1. The van der Waals surface area contributed by atoms with Gasteiger partial charge < -0.3 is 16.0 Å². The van der Waals surface area contributed by atoms with Crippen molar-refractivity contribution < 1.29 is 9.59 Å². The molecule has 0 aliphatic carbocycles. The van der Waals surface area contributed by atoms with Crippen LogP contribution in [-0.4, -0.2) is 27.0 Å². The molecule has 0 aliphatic rings. The van der Waals surface area contributed by atoms with Crippen LogP contribution in [0.2, 0.25) is 0 Å². The third-order valence-electron chi connectivity index (χ3n) is 3.22. The molecular weight excluding hydrogens is 270 g/mol. The Bertz CT molecular complexity index is 846. The Hall–Kier alpha value is -3.09. The standard InChI is InChI=1S/C14H13N5O2/c1-7-10(6-16-19-7)14(21)17-9-2-3-11-8(4-9)5-12(18-11)13(15)20/h2-6,18H,1H3,(H2,15,20)(H,16,19)(H,17,21). The van der Waals surface area contributed by atoms with Gasteiger partial charge in [0.05, 0.1) is 11.8 Å². The molecule has 0 fully saturated rings. The van der Waals surface area contributed by atoms with E-state index in [1.54, 1.807) is 31.2 Å². The lowest BCUT2D eigenvalue weighted by Crippen LogP contribution is -2.12. The van der Waals surface area contributed by atoms with Crippen LogP contribution in [0.5, 0.6) is 0 Å². The molecule has 3 aromatic rings. The Morgan fingerprint density at radius 3 is 2.76 bits per heavy atom. The van der Waals surface area contributed by atoms with Gasteiger partial charge in [0, 0.05) is 22.3 Å². The van der Waals surface area contributed by atoms with Gasteiger partial charge in [0.25, 0.3) is 11.8 Å². The maximum absolute atomic E-state index is 12.1. The number of rotatable bonds is 3. The average Bonchev–Trinajstić information content (AvgIpc) is 3.04. The number of nitrogens with zero attached hydrogens (tertiary/aromatic N) is 1. The van der Waals surface area contributed by atoms with E-state index < -0.39 is 5.91 Å². The van der Waals surface area contributed by atoms with Crippen LogP contribution in [0.4, 0.5) is 5.69 Å². The number of carbonyl (C=O) groups is 2. The smallest absolute Gasteiger partial charge is 0.265 e. The molecule has 5 N–H and O–H groups in total. The molecule has 1 aromatic carbocycles. The molecule has 2 aromatic heterocycles. The quantitative estimate of drug-likeness (QED) is 0.584. The van der Waals surface area contributed by atoms with Gasteiger partial charge in [0.1, 0.15) is 5.69 Å². The molecular formula is C14H13N5O2. The van der Waals surface area contributed by atoms with Crippen LogP contribution in [0.15, 0.2) is 30.5 Å². The maximum atomic E-state index is 12.1. The summed E-state index contributed by atoms with van der Waals surface area (Å²) in [6, 6.07) is 6.94. The lowest BCUT2D eigenvalue weighted by atomic mass is 10.2. The molecule has 0 unspecified atom stereocenters. The van der Waals surface area contributed by atoms with Crippen LogP contribution in [0.1, 0.15) is 26.5 Å². The molecule has 0 saturated carbocycles. The molecule has 0 atom stereocenters. The van der Waals surface area contributed by atoms with Gasteiger partial charge >= 0.3 is 0 Å². The molecule has 21 heavy (non-hydrogen) atoms. The topological polar surface area (TPSA) is 117 Å². The minimum atomic E-state index is -0.522. The number of primary amides is 1. The number of H-pyrrole nitrogens is 2. The number of carbonyl (C=O) groups excluding carboxylic acids is 2. The monoisotopic (exact) mass is 283 g/mol. The fraction of sp³-hybridized carbons (Fsp3) is 0.0714. The van der Waals surface area contributed by atoms with Gasteiger partial charge in [-0.2, -0.15) is 5.10 Å². The fourth-order valence-corrected chi connectivity index (χ4v) is 2.12. The third-order valence-corrected chi connectivity index (χ3v) is 3.22. The van der Waals surface area contributed by atoms with Crippen LogP contribution >= 0.6 is 0 Å². The fourth-order valence-electron chi connectivity index (χ4n) is 2.12. The highest BCUT2D eigenvalue weighted by atomic mass is 16.2. The summed E-state index contributed by atoms with van der Waals surface area (Å²) in [5.74, 6) is -0.767. The van der Waals surface area contributed by atoms with Gasteiger partial charge in [0.15, 0.2) is 0 Å². The summed E-state index contributed by atoms with van der Waals surface area (Å²) in [4.78, 5) is 26.1. The molecule has 2 heterocycles. The van der Waals surface area contributed by atoms with Gasteiger partial charge in [-0.1, -0.05) is 0 Å². The number of amides is 2. The first kappa shape index (κ1) is 12.9. The van der Waals surface area contributed by atoms with Crippen molar-refractivity contribution in [2.24, 2.45) is 5.73 Å². The Morgan fingerprint density at radius 1 is 1.29 bits per heavy atom. The van der Waals surface area contributed by atoms with Crippen LogP contribution < -0.4 is 11.1 Å². The zero-order valence-electron chi connectivity index (χ0n) is 11.2. The minimum absolute atomic E-state index is 0.244. The first-order chi connectivity index (χ1) is 10.0. The van der Waals surface area contributed by atoms with Gasteiger partial charge in [-0.3, -0.25) is 14.7 Å². The lowest BCUT2D eigenvalue weighted by Gasteiger charge is -2.04. The number of nitrogens with two attached hydrogens (primary N) is 1. The lowest BCUT2D eigenvalue weighted by molar-refractivity contribution is 0.0994. The van der Waals surface area contributed by atoms with Crippen molar-refractivity contribution in [1.29, 1.82) is 0 Å². The van der Waals surface area contributed by atoms with Gasteiger partial charge in [-0.05, 0) is 31.2 Å². The zero-order valence-corrected chi connectivity index (χ0v) is 11.2. The number of hydrogen-bond acceptors (Lipinski definition) is 3. The highest BCUT2D eigenvalue weighted by Gasteiger charge is 2.12. The number of aromatic nitrogens is 3. The second-order valence-corrected chi connectivity index (χ2v) is 4.71. The van der Waals surface area contributed by atoms with E-state index in [1.165, 1.54) is 6.20 Å². The van der Waals surface area contributed by atoms with E-state index in [-0.39, 0.29) is 5.91 Å². The van der Waals surface area contributed by atoms with Gasteiger partial charge in [-0.25, -0.2) is 0 Å². The predicted octanol–water partition coefficient (Wildman–Crippen LogP) is 1.55. The molecule has 0 saturated heterocycles. The second kappa shape index (κ2) is 4.78. The number of benzene rings is 1. The molecule has 7 heteroatoms. The normalized spacial score (nSPS) is 10.7. The van der Waals surface area contributed by atoms with Crippen molar-refractivity contribution >= 4 is 28.4 Å². The summed E-state index contributed by atoms with van der Waals surface area (Å²) in [7, 11) is 0. The van der Waals surface area contributed by atoms with E-state index in [9.17, 15) is 9.59 Å². The summed E-state index contributed by atoms with van der Waals surface area (Å²) < 4.78 is 0. The Balaban J connectivity index is 1.89. The zero-order chi connectivity index (χ0) is 15.0. The van der Waals surface area contributed by atoms with Crippen molar-refractivity contribution in [3.05, 3.63) is 47.4 Å². The number of aromatic amines is 2. The van der Waals surface area contributed by atoms with E-state index in [2.05, 4.69) is 20.5 Å². The molecule has 2 amide bonds. The largest absolute Gasteiger partial charge is 0.364 e. The van der Waals surface area contributed by atoms with Crippen LogP contribution in [0.25, 0.3) is 10.9 Å². The number of nitrogens with one attached hydrogen (secondary N) is 3. The molecule has 0 radical (unpaired) electrons. The molecule has 0 bridgehead atoms. The molecule has 3 rings (SSSR count). The first-order valence-corrected chi connectivity index (χ1v) is 6.28. The molecule has 106 valence electrons. The Morgan fingerprint density at radius 2 is 2.10 bits per heavy atom. The minimum Gasteiger partial charge on any atom is -0.364 e. The summed E-state index contributed by atoms with van der Waals surface area (Å²) in [6.07, 6.45) is 1.48. The van der Waals surface area contributed by atoms with Gasteiger partial charge in [0.2, 0.25) is 0 Å². The van der Waals surface area contributed by atoms with E-state index in [4.69, 9.17) is 5.73 Å². The highest BCUT2D eigenvalue weighted by Crippen LogP contribution is 2.20. The second-order valence-electron chi connectivity index (χ2n) is 4.71. The average molecular weight is 283 g/mol. The van der Waals surface area contributed by atoms with Crippen LogP contribution in [0.3, 0.4) is 0 Å². The summed E-state index contributed by atoms with van der Waals surface area (Å²) in [6.45, 7) is 1.77. The van der Waals surface area contributed by atoms with E-state index in [0.29, 0.717) is 22.6 Å².